The number of hydrogen-bond donors (Lipinski definition) is 0. The van der Waals surface area contributed by atoms with Crippen LogP contribution in [0.1, 0.15) is 16.7 Å². The van der Waals surface area contributed by atoms with Crippen LogP contribution in [0.2, 0.25) is 0 Å². The summed E-state index contributed by atoms with van der Waals surface area (Å²) >= 11 is 1.89. The molecule has 0 fully saturated rings. The van der Waals surface area contributed by atoms with E-state index < -0.39 is 0 Å². The van der Waals surface area contributed by atoms with E-state index in [9.17, 15) is 0 Å². The highest BCUT2D eigenvalue weighted by Gasteiger charge is 2.11. The molecule has 0 saturated heterocycles. The molecule has 0 aliphatic carbocycles. The lowest BCUT2D eigenvalue weighted by Crippen LogP contribution is -1.93. The van der Waals surface area contributed by atoms with Crippen LogP contribution in [-0.2, 0) is 5.75 Å². The molecule has 0 unspecified atom stereocenters. The molecule has 18 heavy (non-hydrogen) atoms. The number of rotatable bonds is 2. The van der Waals surface area contributed by atoms with Gasteiger partial charge in [0.05, 0.1) is 7.11 Å². The van der Waals surface area contributed by atoms with Crippen LogP contribution in [0, 0.1) is 0 Å². The summed E-state index contributed by atoms with van der Waals surface area (Å²) in [5, 5.41) is 0. The largest absolute Gasteiger partial charge is 0.497 e. The molecule has 0 saturated carbocycles. The van der Waals surface area contributed by atoms with Crippen molar-refractivity contribution >= 4 is 22.7 Å². The quantitative estimate of drug-likeness (QED) is 0.783. The number of methoxy groups -OCH3 is 1. The van der Waals surface area contributed by atoms with Gasteiger partial charge in [0.2, 0.25) is 0 Å². The van der Waals surface area contributed by atoms with E-state index in [1.807, 2.05) is 23.9 Å². The molecule has 0 aromatic heterocycles. The summed E-state index contributed by atoms with van der Waals surface area (Å²) in [4.78, 5) is 1.33. The topological polar surface area (TPSA) is 9.23 Å². The Balaban J connectivity index is 1.96. The maximum absolute atomic E-state index is 5.19. The minimum Gasteiger partial charge on any atom is -0.497 e. The summed E-state index contributed by atoms with van der Waals surface area (Å²) in [6.45, 7) is 0. The Labute approximate surface area is 111 Å². The average Bonchev–Trinajstić information content (AvgIpc) is 2.47. The molecule has 1 aliphatic rings. The predicted molar refractivity (Wildman–Crippen MR) is 78.6 cm³/mol. The van der Waals surface area contributed by atoms with E-state index in [1.54, 1.807) is 7.11 Å². The molecule has 1 heterocycles. The lowest BCUT2D eigenvalue weighted by atomic mass is 10.1. The third-order valence-corrected chi connectivity index (χ3v) is 4.22. The van der Waals surface area contributed by atoms with Gasteiger partial charge in [-0.2, -0.15) is 0 Å². The Hall–Kier alpha value is -1.67. The van der Waals surface area contributed by atoms with Gasteiger partial charge in [-0.05, 0) is 34.9 Å². The van der Waals surface area contributed by atoms with Crippen LogP contribution in [0.4, 0.5) is 0 Å². The van der Waals surface area contributed by atoms with Gasteiger partial charge in [0.1, 0.15) is 5.75 Å². The number of fused-ring (bicyclic) bond motifs is 1. The van der Waals surface area contributed by atoms with Crippen molar-refractivity contribution in [3.8, 4) is 5.75 Å². The molecule has 2 heteroatoms. The highest BCUT2D eigenvalue weighted by Crippen LogP contribution is 2.38. The van der Waals surface area contributed by atoms with Crippen LogP contribution in [0.5, 0.6) is 5.75 Å². The SMILES string of the molecule is COc1ccc(C2=Cc3ccccc3CS2)cc1. The van der Waals surface area contributed by atoms with Crippen LogP contribution in [0.25, 0.3) is 11.0 Å². The fourth-order valence-electron chi connectivity index (χ4n) is 2.07. The summed E-state index contributed by atoms with van der Waals surface area (Å²) < 4.78 is 5.19. The van der Waals surface area contributed by atoms with Gasteiger partial charge in [-0.25, -0.2) is 0 Å². The molecule has 2 aromatic rings. The smallest absolute Gasteiger partial charge is 0.118 e. The second kappa shape index (κ2) is 4.91. The third-order valence-electron chi connectivity index (χ3n) is 3.10. The molecule has 2 aromatic carbocycles. The van der Waals surface area contributed by atoms with E-state index >= 15 is 0 Å². The lowest BCUT2D eigenvalue weighted by molar-refractivity contribution is 0.415. The van der Waals surface area contributed by atoms with Gasteiger partial charge in [-0.1, -0.05) is 36.4 Å². The Bertz CT molecular complexity index is 584. The van der Waals surface area contributed by atoms with Gasteiger partial charge in [0, 0.05) is 10.7 Å². The second-order valence-electron chi connectivity index (χ2n) is 4.22. The predicted octanol–water partition coefficient (Wildman–Crippen LogP) is 4.44. The van der Waals surface area contributed by atoms with E-state index in [4.69, 9.17) is 4.74 Å². The first-order chi connectivity index (χ1) is 8.86. The molecular weight excluding hydrogens is 240 g/mol. The van der Waals surface area contributed by atoms with E-state index in [-0.39, 0.29) is 0 Å². The zero-order valence-electron chi connectivity index (χ0n) is 10.2. The van der Waals surface area contributed by atoms with Gasteiger partial charge in [-0.3, -0.25) is 0 Å². The fraction of sp³-hybridized carbons (Fsp3) is 0.125. The highest BCUT2D eigenvalue weighted by atomic mass is 32.2. The van der Waals surface area contributed by atoms with Crippen molar-refractivity contribution in [2.45, 2.75) is 5.75 Å². The molecule has 90 valence electrons. The van der Waals surface area contributed by atoms with Crippen molar-refractivity contribution in [1.82, 2.24) is 0 Å². The average molecular weight is 254 g/mol. The normalized spacial score (nSPS) is 13.7. The third kappa shape index (κ3) is 2.16. The monoisotopic (exact) mass is 254 g/mol. The van der Waals surface area contributed by atoms with E-state index in [0.717, 1.165) is 11.5 Å². The molecule has 1 nitrogen and oxygen atoms in total. The summed E-state index contributed by atoms with van der Waals surface area (Å²) in [7, 11) is 1.69. The van der Waals surface area contributed by atoms with Gasteiger partial charge >= 0.3 is 0 Å². The first-order valence-corrected chi connectivity index (χ1v) is 6.92. The lowest BCUT2D eigenvalue weighted by Gasteiger charge is -2.16. The molecule has 0 atom stereocenters. The molecule has 0 spiro atoms. The highest BCUT2D eigenvalue weighted by molar-refractivity contribution is 8.07. The molecular formula is C16H14OS. The van der Waals surface area contributed by atoms with Crippen molar-refractivity contribution < 1.29 is 4.74 Å². The van der Waals surface area contributed by atoms with Gasteiger partial charge in [0.25, 0.3) is 0 Å². The van der Waals surface area contributed by atoms with Crippen LogP contribution < -0.4 is 4.74 Å². The molecule has 0 N–H and O–H groups in total. The molecule has 1 aliphatic heterocycles. The first-order valence-electron chi connectivity index (χ1n) is 5.93. The standard InChI is InChI=1S/C16H14OS/c1-17-15-8-6-12(7-9-15)16-10-13-4-2-3-5-14(13)11-18-16/h2-10H,11H2,1H3. The van der Waals surface area contributed by atoms with E-state index in [2.05, 4.69) is 42.5 Å². The van der Waals surface area contributed by atoms with Crippen molar-refractivity contribution in [1.29, 1.82) is 0 Å². The fourth-order valence-corrected chi connectivity index (χ4v) is 3.15. The Morgan fingerprint density at radius 1 is 1.00 bits per heavy atom. The first kappa shape index (κ1) is 11.4. The number of benzene rings is 2. The Morgan fingerprint density at radius 2 is 1.78 bits per heavy atom. The van der Waals surface area contributed by atoms with Crippen molar-refractivity contribution in [3.63, 3.8) is 0 Å². The van der Waals surface area contributed by atoms with Crippen LogP contribution in [0.3, 0.4) is 0 Å². The van der Waals surface area contributed by atoms with Crippen LogP contribution in [-0.4, -0.2) is 7.11 Å². The van der Waals surface area contributed by atoms with Gasteiger partial charge < -0.3 is 4.74 Å². The Kier molecular flexibility index (Phi) is 3.11. The van der Waals surface area contributed by atoms with Crippen molar-refractivity contribution in [3.05, 3.63) is 65.2 Å². The van der Waals surface area contributed by atoms with E-state index in [1.165, 1.54) is 21.6 Å². The minimum absolute atomic E-state index is 0.903. The molecule has 3 rings (SSSR count). The maximum Gasteiger partial charge on any atom is 0.118 e. The van der Waals surface area contributed by atoms with Crippen molar-refractivity contribution in [2.24, 2.45) is 0 Å². The second-order valence-corrected chi connectivity index (χ2v) is 5.24. The molecule has 0 amide bonds. The zero-order valence-corrected chi connectivity index (χ0v) is 11.0. The summed E-state index contributed by atoms with van der Waals surface area (Å²) in [5.74, 6) is 1.95. The molecule has 0 bridgehead atoms. The van der Waals surface area contributed by atoms with Gasteiger partial charge in [-0.15, -0.1) is 11.8 Å². The summed E-state index contributed by atoms with van der Waals surface area (Å²) in [5.41, 5.74) is 4.01. The van der Waals surface area contributed by atoms with Gasteiger partial charge in [0.15, 0.2) is 0 Å². The Morgan fingerprint density at radius 3 is 2.56 bits per heavy atom. The number of ether oxygens (including phenoxy) is 1. The zero-order chi connectivity index (χ0) is 12.4. The summed E-state index contributed by atoms with van der Waals surface area (Å²) in [6, 6.07) is 16.8. The number of thioether (sulfide) groups is 1. The van der Waals surface area contributed by atoms with Crippen LogP contribution in [0.15, 0.2) is 48.5 Å². The molecule has 0 radical (unpaired) electrons. The van der Waals surface area contributed by atoms with Crippen LogP contribution >= 0.6 is 11.8 Å². The van der Waals surface area contributed by atoms with E-state index in [0.29, 0.717) is 0 Å². The minimum atomic E-state index is 0.903. The summed E-state index contributed by atoms with van der Waals surface area (Å²) in [6.07, 6.45) is 2.27. The maximum atomic E-state index is 5.19. The number of hydrogen-bond acceptors (Lipinski definition) is 2. The van der Waals surface area contributed by atoms with Crippen molar-refractivity contribution in [2.75, 3.05) is 7.11 Å².